The number of ether oxygens (including phenoxy) is 4. The van der Waals surface area contributed by atoms with Crippen LogP contribution >= 0.6 is 0 Å². The number of hydrogen-bond acceptors (Lipinski definition) is 24. The maximum absolute atomic E-state index is 10.2. The molecular formula is C24H40B2CaO24. The van der Waals surface area contributed by atoms with Crippen LogP contribution in [0.2, 0.25) is 0 Å². The van der Waals surface area contributed by atoms with Gasteiger partial charge < -0.3 is 117 Å². The molecule has 27 heteroatoms. The first-order valence-electron chi connectivity index (χ1n) is 15.8. The number of aliphatic hydroxyl groups excluding tert-OH is 12. The van der Waals surface area contributed by atoms with Crippen LogP contribution in [0.3, 0.4) is 0 Å². The summed E-state index contributed by atoms with van der Waals surface area (Å²) in [6.45, 7) is -9.69. The quantitative estimate of drug-likeness (QED) is 0.118. The van der Waals surface area contributed by atoms with E-state index in [0.29, 0.717) is 0 Å². The van der Waals surface area contributed by atoms with Crippen molar-refractivity contribution in [2.75, 3.05) is 52.9 Å². The minimum Gasteiger partial charge on any atom is -0.514 e. The first-order chi connectivity index (χ1) is 23.6. The summed E-state index contributed by atoms with van der Waals surface area (Å²) in [5, 5.41) is 117. The third-order valence-corrected chi connectivity index (χ3v) is 10.1. The summed E-state index contributed by atoms with van der Waals surface area (Å²) in [4.78, 5) is 0. The molecule has 12 N–H and O–H groups in total. The van der Waals surface area contributed by atoms with Crippen LogP contribution in [0.15, 0.2) is 0 Å². The van der Waals surface area contributed by atoms with E-state index in [4.69, 9.17) is 56.2 Å². The van der Waals surface area contributed by atoms with Crippen molar-refractivity contribution in [3.63, 3.8) is 0 Å². The van der Waals surface area contributed by atoms with Gasteiger partial charge in [-0.25, -0.2) is 0 Å². The predicted molar refractivity (Wildman–Crippen MR) is 152 cm³/mol. The van der Waals surface area contributed by atoms with Gasteiger partial charge >= 0.3 is 51.7 Å². The molecule has 8 aliphatic heterocycles. The van der Waals surface area contributed by atoms with Gasteiger partial charge in [-0.05, 0) is 0 Å². The molecule has 0 bridgehead atoms. The Morgan fingerprint density at radius 1 is 0.392 bits per heavy atom. The van der Waals surface area contributed by atoms with Crippen molar-refractivity contribution in [2.24, 2.45) is 0 Å². The van der Waals surface area contributed by atoms with Crippen molar-refractivity contribution in [1.82, 2.24) is 0 Å². The van der Waals surface area contributed by atoms with Crippen molar-refractivity contribution in [3.8, 4) is 0 Å². The van der Waals surface area contributed by atoms with Gasteiger partial charge in [-0.1, -0.05) is 0 Å². The van der Waals surface area contributed by atoms with E-state index in [2.05, 4.69) is 0 Å². The second-order valence-corrected chi connectivity index (χ2v) is 13.2. The molecule has 0 aromatic rings. The zero-order chi connectivity index (χ0) is 36.1. The average molecular weight is 773 g/mol. The van der Waals surface area contributed by atoms with Crippen molar-refractivity contribution in [2.45, 2.75) is 96.4 Å². The molecule has 8 fully saturated rings. The topological polar surface area (TPSA) is 354 Å². The van der Waals surface area contributed by atoms with Crippen LogP contribution in [0.1, 0.15) is 0 Å². The van der Waals surface area contributed by atoms with E-state index in [0.717, 1.165) is 0 Å². The molecule has 0 aliphatic carbocycles. The van der Waals surface area contributed by atoms with E-state index in [1.165, 1.54) is 0 Å². The van der Waals surface area contributed by atoms with Crippen molar-refractivity contribution >= 4 is 51.7 Å². The van der Waals surface area contributed by atoms with Crippen molar-refractivity contribution in [3.05, 3.63) is 0 Å². The molecule has 8 saturated heterocycles. The minimum atomic E-state index is -2.98. The molecule has 0 aromatic carbocycles. The van der Waals surface area contributed by atoms with Gasteiger partial charge in [-0.15, -0.1) is 0 Å². The molecule has 288 valence electrons. The average Bonchev–Trinajstić information content (AvgIpc) is 3.99. The van der Waals surface area contributed by atoms with Crippen LogP contribution in [-0.4, -0.2) is 262 Å². The zero-order valence-electron chi connectivity index (χ0n) is 26.7. The summed E-state index contributed by atoms with van der Waals surface area (Å²) in [6, 6.07) is 0. The number of hydrogen-bond donors (Lipinski definition) is 12. The molecule has 0 aromatic heterocycles. The van der Waals surface area contributed by atoms with Crippen LogP contribution < -0.4 is 0 Å². The SMILES string of the molecule is OC[C@H]1OC2(CO[10B-]3(OCC4(O[C@H](CO)[C@@H](O)[C@@H]4O)O3)O2)[C@@H](O)[C@@H]1O.OC[C@H]1OC2(CO[10B-]3(OCC4(O[C@H](CO)[C@@H](O)[C@@H]4O)O3)O2)[C@@H](O)[C@@H]1O.[Ca+2]. The fourth-order valence-corrected chi connectivity index (χ4v) is 7.29. The van der Waals surface area contributed by atoms with Crippen LogP contribution in [0, 0.1) is 0 Å². The molecule has 8 rings (SSSR count). The molecule has 16 atom stereocenters. The maximum atomic E-state index is 10.2. The van der Waals surface area contributed by atoms with Gasteiger partial charge in [0, 0.05) is 0 Å². The van der Waals surface area contributed by atoms with Crippen molar-refractivity contribution < 1.29 is 117 Å². The number of rotatable bonds is 4. The second-order valence-electron chi connectivity index (χ2n) is 13.2. The summed E-state index contributed by atoms with van der Waals surface area (Å²) >= 11 is 0. The Morgan fingerprint density at radius 3 is 0.745 bits per heavy atom. The third-order valence-electron chi connectivity index (χ3n) is 10.1. The molecular weight excluding hydrogens is 732 g/mol. The fraction of sp³-hybridized carbons (Fsp3) is 1.00. The molecule has 6 spiro atoms. The summed E-state index contributed by atoms with van der Waals surface area (Å²) in [5.41, 5.74) is 0. The largest absolute Gasteiger partial charge is 2.00 e. The zero-order valence-corrected chi connectivity index (χ0v) is 28.9. The van der Waals surface area contributed by atoms with Gasteiger partial charge in [0.2, 0.25) is 0 Å². The van der Waals surface area contributed by atoms with E-state index >= 15 is 0 Å². The van der Waals surface area contributed by atoms with E-state index in [-0.39, 0.29) is 64.2 Å². The fourth-order valence-electron chi connectivity index (χ4n) is 7.29. The van der Waals surface area contributed by atoms with Gasteiger partial charge in [0.1, 0.15) is 73.2 Å². The standard InChI is InChI=1S/2C12H20BO12.Ca/c2*14-1-5-7(16)9(18)11(22-5)3-20-13(24-11)21-4-12(25-13)10(19)8(17)6(2-15)23-12;/h2*5-10,14-19H,1-4H2;/q2*-1;+2/t2*5-,6-,7-,8-,9+,10+,11?,12?,13?;/m11./s1/i2*13-1;. The van der Waals surface area contributed by atoms with E-state index < -0.39 is 137 Å². The Balaban J connectivity index is 0.000000172. The normalized spacial score (nSPS) is 57.2. The van der Waals surface area contributed by atoms with E-state index in [1.807, 2.05) is 0 Å². The van der Waals surface area contributed by atoms with Gasteiger partial charge in [0.25, 0.3) is 0 Å². The molecule has 8 aliphatic rings. The molecule has 0 amide bonds. The van der Waals surface area contributed by atoms with Crippen LogP contribution in [-0.2, 0) is 56.2 Å². The van der Waals surface area contributed by atoms with Crippen molar-refractivity contribution in [1.29, 1.82) is 0 Å². The second kappa shape index (κ2) is 14.4. The Bertz CT molecular complexity index is 1080. The first kappa shape index (κ1) is 41.1. The monoisotopic (exact) mass is 772 g/mol. The Morgan fingerprint density at radius 2 is 0.588 bits per heavy atom. The first-order valence-corrected chi connectivity index (χ1v) is 15.8. The summed E-state index contributed by atoms with van der Waals surface area (Å²) in [7, 11) is 0. The minimum absolute atomic E-state index is 0. The van der Waals surface area contributed by atoms with E-state index in [9.17, 15) is 61.3 Å². The van der Waals surface area contributed by atoms with E-state index in [1.54, 1.807) is 0 Å². The van der Waals surface area contributed by atoms with Gasteiger partial charge in [-0.2, -0.15) is 0 Å². The molecule has 0 radical (unpaired) electrons. The van der Waals surface area contributed by atoms with Crippen LogP contribution in [0.5, 0.6) is 0 Å². The summed E-state index contributed by atoms with van der Waals surface area (Å²) in [5.74, 6) is -7.29. The van der Waals surface area contributed by atoms with Crippen LogP contribution in [0.4, 0.5) is 0 Å². The maximum Gasteiger partial charge on any atom is 2.00 e. The smallest absolute Gasteiger partial charge is 0.514 e. The Labute approximate surface area is 317 Å². The molecule has 24 nitrogen and oxygen atoms in total. The molecule has 4 unspecified atom stereocenters. The van der Waals surface area contributed by atoms with Gasteiger partial charge in [0.05, 0.1) is 52.9 Å². The van der Waals surface area contributed by atoms with Gasteiger partial charge in [0.15, 0.2) is 23.1 Å². The number of aliphatic hydroxyl groups is 12. The van der Waals surface area contributed by atoms with Gasteiger partial charge in [-0.3, -0.25) is 0 Å². The summed E-state index contributed by atoms with van der Waals surface area (Å²) < 4.78 is 65.1. The van der Waals surface area contributed by atoms with Crippen LogP contribution in [0.25, 0.3) is 0 Å². The predicted octanol–water partition coefficient (Wildman–Crippen LogP) is -10.1. The molecule has 51 heavy (non-hydrogen) atoms. The molecule has 8 heterocycles. The molecule has 0 saturated carbocycles. The Hall–Kier alpha value is 0.430. The summed E-state index contributed by atoms with van der Waals surface area (Å²) in [6.07, 6.45) is -16.2. The Kier molecular flexibility index (Phi) is 11.6. The third kappa shape index (κ3) is 6.35.